The van der Waals surface area contributed by atoms with Crippen LogP contribution in [0.4, 0.5) is 0 Å². The molecule has 1 aliphatic carbocycles. The van der Waals surface area contributed by atoms with Crippen molar-refractivity contribution in [1.29, 1.82) is 0 Å². The number of nitrogens with two attached hydrogens (primary N) is 1. The number of rotatable bonds is 3. The molecule has 14 heavy (non-hydrogen) atoms. The average molecular weight is 212 g/mol. The number of aliphatic carboxylic acids is 1. The first-order chi connectivity index (χ1) is 6.60. The lowest BCUT2D eigenvalue weighted by Crippen LogP contribution is -2.43. The Morgan fingerprint density at radius 1 is 1.71 bits per heavy atom. The van der Waals surface area contributed by atoms with Gasteiger partial charge >= 0.3 is 5.97 Å². The topological polar surface area (TPSA) is 76.2 Å². The molecule has 1 aromatic rings. The van der Waals surface area contributed by atoms with Crippen LogP contribution in [0.15, 0.2) is 5.38 Å². The highest BCUT2D eigenvalue weighted by Crippen LogP contribution is 2.39. The Balaban J connectivity index is 2.13. The zero-order valence-corrected chi connectivity index (χ0v) is 8.51. The molecule has 5 heteroatoms. The van der Waals surface area contributed by atoms with Gasteiger partial charge in [0.2, 0.25) is 0 Å². The highest BCUT2D eigenvalue weighted by Gasteiger charge is 2.37. The van der Waals surface area contributed by atoms with Crippen molar-refractivity contribution in [3.63, 3.8) is 0 Å². The Hall–Kier alpha value is -0.940. The van der Waals surface area contributed by atoms with E-state index in [1.807, 2.05) is 0 Å². The van der Waals surface area contributed by atoms with Crippen LogP contribution in [0.1, 0.15) is 30.0 Å². The molecule has 0 aliphatic heterocycles. The molecule has 4 nitrogen and oxygen atoms in total. The highest BCUT2D eigenvalue weighted by molar-refractivity contribution is 7.09. The summed E-state index contributed by atoms with van der Waals surface area (Å²) in [7, 11) is 0. The van der Waals surface area contributed by atoms with Crippen LogP contribution in [0.25, 0.3) is 0 Å². The molecular weight excluding hydrogens is 200 g/mol. The fraction of sp³-hybridized carbons (Fsp3) is 0.556. The van der Waals surface area contributed by atoms with Gasteiger partial charge in [-0.05, 0) is 19.3 Å². The summed E-state index contributed by atoms with van der Waals surface area (Å²) in [4.78, 5) is 14.7. The van der Waals surface area contributed by atoms with Gasteiger partial charge in [0.15, 0.2) is 0 Å². The molecule has 0 atom stereocenters. The molecular formula is C9H12N2O2S. The molecule has 1 aliphatic rings. The van der Waals surface area contributed by atoms with E-state index in [0.717, 1.165) is 24.3 Å². The SMILES string of the molecule is NC1(c2nc(CC(=O)O)cs2)CCC1. The summed E-state index contributed by atoms with van der Waals surface area (Å²) in [6, 6.07) is 0. The lowest BCUT2D eigenvalue weighted by molar-refractivity contribution is -0.136. The molecule has 0 aromatic carbocycles. The van der Waals surface area contributed by atoms with Crippen molar-refractivity contribution in [3.05, 3.63) is 16.1 Å². The molecule has 0 saturated heterocycles. The molecule has 0 spiro atoms. The minimum atomic E-state index is -0.846. The fourth-order valence-corrected chi connectivity index (χ4v) is 2.54. The van der Waals surface area contributed by atoms with Crippen molar-refractivity contribution < 1.29 is 9.90 Å². The summed E-state index contributed by atoms with van der Waals surface area (Å²) in [6.45, 7) is 0. The number of hydrogen-bond donors (Lipinski definition) is 2. The zero-order valence-electron chi connectivity index (χ0n) is 7.69. The normalized spacial score (nSPS) is 18.9. The number of carbonyl (C=O) groups is 1. The summed E-state index contributed by atoms with van der Waals surface area (Å²) in [6.07, 6.45) is 3.07. The molecule has 1 saturated carbocycles. The Bertz CT molecular complexity index is 357. The van der Waals surface area contributed by atoms with Gasteiger partial charge in [0.05, 0.1) is 17.7 Å². The van der Waals surface area contributed by atoms with Crippen LogP contribution in [0, 0.1) is 0 Å². The zero-order chi connectivity index (χ0) is 10.2. The molecule has 0 radical (unpaired) electrons. The van der Waals surface area contributed by atoms with Crippen LogP contribution in [0.5, 0.6) is 0 Å². The predicted octanol–water partition coefficient (Wildman–Crippen LogP) is 1.11. The van der Waals surface area contributed by atoms with Crippen LogP contribution in [-0.2, 0) is 16.8 Å². The maximum atomic E-state index is 10.4. The first-order valence-electron chi connectivity index (χ1n) is 4.56. The van der Waals surface area contributed by atoms with E-state index in [4.69, 9.17) is 10.8 Å². The predicted molar refractivity (Wildman–Crippen MR) is 53.2 cm³/mol. The molecule has 1 aromatic heterocycles. The third kappa shape index (κ3) is 1.65. The van der Waals surface area contributed by atoms with Gasteiger partial charge < -0.3 is 10.8 Å². The second-order valence-electron chi connectivity index (χ2n) is 3.72. The van der Waals surface area contributed by atoms with E-state index in [-0.39, 0.29) is 12.0 Å². The molecule has 2 rings (SSSR count). The number of nitrogens with zero attached hydrogens (tertiary/aromatic N) is 1. The van der Waals surface area contributed by atoms with Crippen LogP contribution in [0.3, 0.4) is 0 Å². The van der Waals surface area contributed by atoms with E-state index in [1.165, 1.54) is 11.3 Å². The molecule has 0 amide bonds. The molecule has 76 valence electrons. The molecule has 1 heterocycles. The third-order valence-electron chi connectivity index (χ3n) is 2.56. The van der Waals surface area contributed by atoms with Gasteiger partial charge in [0.25, 0.3) is 0 Å². The van der Waals surface area contributed by atoms with Crippen molar-refractivity contribution in [3.8, 4) is 0 Å². The van der Waals surface area contributed by atoms with Gasteiger partial charge in [-0.25, -0.2) is 4.98 Å². The standard InChI is InChI=1S/C9H12N2O2S/c10-9(2-1-3-9)8-11-6(5-14-8)4-7(12)13/h5H,1-4,10H2,(H,12,13). The lowest BCUT2D eigenvalue weighted by atomic mass is 9.78. The van der Waals surface area contributed by atoms with Gasteiger partial charge in [-0.15, -0.1) is 11.3 Å². The first-order valence-corrected chi connectivity index (χ1v) is 5.44. The fourth-order valence-electron chi connectivity index (χ4n) is 1.54. The minimum Gasteiger partial charge on any atom is -0.481 e. The quantitative estimate of drug-likeness (QED) is 0.786. The molecule has 0 unspecified atom stereocenters. The van der Waals surface area contributed by atoms with Gasteiger partial charge in [-0.2, -0.15) is 0 Å². The van der Waals surface area contributed by atoms with Crippen LogP contribution < -0.4 is 5.73 Å². The summed E-state index contributed by atoms with van der Waals surface area (Å²) in [5.41, 5.74) is 6.43. The Labute approximate surface area is 85.8 Å². The summed E-state index contributed by atoms with van der Waals surface area (Å²) < 4.78 is 0. The van der Waals surface area contributed by atoms with Crippen molar-refractivity contribution in [1.82, 2.24) is 4.98 Å². The van der Waals surface area contributed by atoms with E-state index in [9.17, 15) is 4.79 Å². The minimum absolute atomic E-state index is 0.00736. The van der Waals surface area contributed by atoms with E-state index >= 15 is 0 Å². The third-order valence-corrected chi connectivity index (χ3v) is 3.67. The monoisotopic (exact) mass is 212 g/mol. The number of aromatic nitrogens is 1. The second-order valence-corrected chi connectivity index (χ2v) is 4.58. The van der Waals surface area contributed by atoms with Crippen LogP contribution in [-0.4, -0.2) is 16.1 Å². The Morgan fingerprint density at radius 3 is 2.93 bits per heavy atom. The summed E-state index contributed by atoms with van der Waals surface area (Å²) in [5.74, 6) is -0.846. The van der Waals surface area contributed by atoms with Gasteiger partial charge in [-0.3, -0.25) is 4.79 Å². The number of hydrogen-bond acceptors (Lipinski definition) is 4. The Morgan fingerprint density at radius 2 is 2.43 bits per heavy atom. The average Bonchev–Trinajstić information content (AvgIpc) is 2.47. The lowest BCUT2D eigenvalue weighted by Gasteiger charge is -2.35. The largest absolute Gasteiger partial charge is 0.481 e. The van der Waals surface area contributed by atoms with E-state index in [1.54, 1.807) is 5.38 Å². The van der Waals surface area contributed by atoms with Crippen LogP contribution in [0.2, 0.25) is 0 Å². The van der Waals surface area contributed by atoms with Crippen molar-refractivity contribution in [2.75, 3.05) is 0 Å². The van der Waals surface area contributed by atoms with E-state index < -0.39 is 5.97 Å². The molecule has 1 fully saturated rings. The van der Waals surface area contributed by atoms with E-state index in [0.29, 0.717) is 5.69 Å². The summed E-state index contributed by atoms with van der Waals surface area (Å²) in [5, 5.41) is 11.3. The van der Waals surface area contributed by atoms with Gasteiger partial charge in [0.1, 0.15) is 5.01 Å². The number of carboxylic acids is 1. The van der Waals surface area contributed by atoms with Gasteiger partial charge in [-0.1, -0.05) is 0 Å². The Kier molecular flexibility index (Phi) is 2.28. The van der Waals surface area contributed by atoms with Crippen LogP contribution >= 0.6 is 11.3 Å². The second kappa shape index (κ2) is 3.33. The maximum Gasteiger partial charge on any atom is 0.309 e. The maximum absolute atomic E-state index is 10.4. The van der Waals surface area contributed by atoms with Crippen molar-refractivity contribution >= 4 is 17.3 Å². The molecule has 3 N–H and O–H groups in total. The number of thiazole rings is 1. The summed E-state index contributed by atoms with van der Waals surface area (Å²) >= 11 is 1.47. The number of carboxylic acid groups (broad SMARTS) is 1. The highest BCUT2D eigenvalue weighted by atomic mass is 32.1. The van der Waals surface area contributed by atoms with Crippen molar-refractivity contribution in [2.45, 2.75) is 31.2 Å². The van der Waals surface area contributed by atoms with Crippen molar-refractivity contribution in [2.24, 2.45) is 5.73 Å². The first kappa shape index (κ1) is 9.61. The van der Waals surface area contributed by atoms with Gasteiger partial charge in [0, 0.05) is 5.38 Å². The smallest absolute Gasteiger partial charge is 0.309 e. The van der Waals surface area contributed by atoms with E-state index in [2.05, 4.69) is 4.98 Å². The molecule has 0 bridgehead atoms.